The minimum atomic E-state index is -1.84. The maximum atomic E-state index is 12.0. The number of rotatable bonds is 11. The van der Waals surface area contributed by atoms with Crippen molar-refractivity contribution in [3.8, 4) is 0 Å². The van der Waals surface area contributed by atoms with Gasteiger partial charge in [-0.2, -0.15) is 0 Å². The van der Waals surface area contributed by atoms with Crippen molar-refractivity contribution in [1.82, 2.24) is 0 Å². The SMILES string of the molecule is CC(C)(C)[Si](C)(C)OCCCCCCCC1=CC(=O)C[C@@H]1O[Si](C)(C)C(C)(C)C. The summed E-state index contributed by atoms with van der Waals surface area (Å²) in [4.78, 5) is 12.0. The highest BCUT2D eigenvalue weighted by Gasteiger charge is 2.41. The third-order valence-electron chi connectivity index (χ3n) is 7.27. The van der Waals surface area contributed by atoms with E-state index >= 15 is 0 Å². The van der Waals surface area contributed by atoms with Crippen LogP contribution in [0.1, 0.15) is 86.5 Å². The molecule has 0 aromatic rings. The fourth-order valence-corrected chi connectivity index (χ4v) is 5.45. The first-order valence-electron chi connectivity index (χ1n) is 11.6. The Balaban J connectivity index is 2.30. The molecular formula is C24H48O3Si2. The second-order valence-electron chi connectivity index (χ2n) is 11.9. The van der Waals surface area contributed by atoms with Crippen LogP contribution in [0.25, 0.3) is 0 Å². The molecule has 1 rings (SSSR count). The van der Waals surface area contributed by atoms with E-state index < -0.39 is 16.6 Å². The number of unbranched alkanes of at least 4 members (excludes halogenated alkanes) is 4. The predicted molar refractivity (Wildman–Crippen MR) is 131 cm³/mol. The summed E-state index contributed by atoms with van der Waals surface area (Å²) in [6.45, 7) is 23.8. The summed E-state index contributed by atoms with van der Waals surface area (Å²) in [7, 11) is -3.44. The first-order valence-corrected chi connectivity index (χ1v) is 17.4. The summed E-state index contributed by atoms with van der Waals surface area (Å²) in [5, 5.41) is 0.471. The molecule has 0 bridgehead atoms. The Labute approximate surface area is 183 Å². The zero-order chi connectivity index (χ0) is 22.5. The molecule has 0 unspecified atom stereocenters. The lowest BCUT2D eigenvalue weighted by Gasteiger charge is -2.39. The molecule has 1 aliphatic rings. The monoisotopic (exact) mass is 440 g/mol. The highest BCUT2D eigenvalue weighted by Crippen LogP contribution is 2.40. The number of allylic oxidation sites excluding steroid dienone is 1. The molecule has 29 heavy (non-hydrogen) atoms. The number of carbonyl (C=O) groups is 1. The van der Waals surface area contributed by atoms with Gasteiger partial charge >= 0.3 is 0 Å². The highest BCUT2D eigenvalue weighted by molar-refractivity contribution is 6.74. The summed E-state index contributed by atoms with van der Waals surface area (Å²) in [6, 6.07) is 0. The summed E-state index contributed by atoms with van der Waals surface area (Å²) >= 11 is 0. The van der Waals surface area contributed by atoms with E-state index in [-0.39, 0.29) is 16.9 Å². The first kappa shape index (κ1) is 26.8. The molecule has 0 saturated carbocycles. The van der Waals surface area contributed by atoms with Gasteiger partial charge in [-0.15, -0.1) is 0 Å². The minimum absolute atomic E-state index is 0.0291. The van der Waals surface area contributed by atoms with Gasteiger partial charge in [0.05, 0.1) is 6.10 Å². The van der Waals surface area contributed by atoms with Gasteiger partial charge < -0.3 is 8.85 Å². The van der Waals surface area contributed by atoms with Crippen LogP contribution in [-0.4, -0.2) is 35.1 Å². The molecule has 0 aromatic heterocycles. The topological polar surface area (TPSA) is 35.5 Å². The quantitative estimate of drug-likeness (QED) is 0.244. The number of hydrogen-bond donors (Lipinski definition) is 0. The van der Waals surface area contributed by atoms with Crippen LogP contribution in [0, 0.1) is 0 Å². The number of ketones is 1. The lowest BCUT2D eigenvalue weighted by atomic mass is 10.0. The molecule has 1 atom stereocenters. The van der Waals surface area contributed by atoms with Crippen LogP contribution in [0.15, 0.2) is 11.6 Å². The molecule has 1 aliphatic carbocycles. The van der Waals surface area contributed by atoms with Crippen molar-refractivity contribution in [2.45, 2.75) is 129 Å². The largest absolute Gasteiger partial charge is 0.417 e. The highest BCUT2D eigenvalue weighted by atomic mass is 28.4. The fraction of sp³-hybridized carbons (Fsp3) is 0.875. The second-order valence-corrected chi connectivity index (χ2v) is 21.4. The Bertz CT molecular complexity index is 566. The number of hydrogen-bond acceptors (Lipinski definition) is 3. The summed E-state index contributed by atoms with van der Waals surface area (Å²) in [6.07, 6.45) is 9.46. The van der Waals surface area contributed by atoms with E-state index in [0.717, 1.165) is 25.9 Å². The van der Waals surface area contributed by atoms with Crippen LogP contribution in [0.4, 0.5) is 0 Å². The summed E-state index contributed by atoms with van der Waals surface area (Å²) in [5.74, 6) is 0.242. The van der Waals surface area contributed by atoms with Crippen molar-refractivity contribution in [3.05, 3.63) is 11.6 Å². The van der Waals surface area contributed by atoms with Gasteiger partial charge in [0.1, 0.15) is 0 Å². The van der Waals surface area contributed by atoms with Crippen LogP contribution in [-0.2, 0) is 13.6 Å². The van der Waals surface area contributed by atoms with Crippen molar-refractivity contribution in [1.29, 1.82) is 0 Å². The van der Waals surface area contributed by atoms with Gasteiger partial charge in [0.15, 0.2) is 22.4 Å². The molecule has 0 saturated heterocycles. The molecule has 0 aromatic carbocycles. The maximum Gasteiger partial charge on any atom is 0.192 e. The molecule has 0 amide bonds. The van der Waals surface area contributed by atoms with Gasteiger partial charge in [0, 0.05) is 13.0 Å². The molecule has 0 fully saturated rings. The van der Waals surface area contributed by atoms with Gasteiger partial charge in [-0.3, -0.25) is 4.79 Å². The van der Waals surface area contributed by atoms with Crippen LogP contribution >= 0.6 is 0 Å². The third-order valence-corrected chi connectivity index (χ3v) is 16.3. The Morgan fingerprint density at radius 2 is 1.38 bits per heavy atom. The van der Waals surface area contributed by atoms with Crippen LogP contribution in [0.3, 0.4) is 0 Å². The first-order chi connectivity index (χ1) is 13.1. The van der Waals surface area contributed by atoms with E-state index in [1.54, 1.807) is 0 Å². The zero-order valence-corrected chi connectivity index (χ0v) is 23.0. The zero-order valence-electron chi connectivity index (χ0n) is 21.0. The molecule has 0 N–H and O–H groups in total. The van der Waals surface area contributed by atoms with E-state index in [4.69, 9.17) is 8.85 Å². The molecule has 0 radical (unpaired) electrons. The minimum Gasteiger partial charge on any atom is -0.417 e. The Morgan fingerprint density at radius 1 is 0.862 bits per heavy atom. The van der Waals surface area contributed by atoms with Gasteiger partial charge in [-0.25, -0.2) is 0 Å². The van der Waals surface area contributed by atoms with Crippen molar-refractivity contribution >= 4 is 22.4 Å². The maximum absolute atomic E-state index is 12.0. The number of carbonyl (C=O) groups excluding carboxylic acids is 1. The predicted octanol–water partition coefficient (Wildman–Crippen LogP) is 7.64. The lowest BCUT2D eigenvalue weighted by Crippen LogP contribution is -2.44. The Morgan fingerprint density at radius 3 is 1.93 bits per heavy atom. The van der Waals surface area contributed by atoms with E-state index in [1.165, 1.54) is 24.8 Å². The molecule has 0 heterocycles. The Hall–Kier alpha value is -0.236. The third kappa shape index (κ3) is 8.43. The van der Waals surface area contributed by atoms with Crippen molar-refractivity contribution < 1.29 is 13.6 Å². The van der Waals surface area contributed by atoms with E-state index in [1.807, 2.05) is 6.08 Å². The molecule has 0 aliphatic heterocycles. The molecular weight excluding hydrogens is 392 g/mol. The molecule has 5 heteroatoms. The van der Waals surface area contributed by atoms with Crippen LogP contribution < -0.4 is 0 Å². The van der Waals surface area contributed by atoms with E-state index in [9.17, 15) is 4.79 Å². The van der Waals surface area contributed by atoms with Crippen LogP contribution in [0.2, 0.25) is 36.3 Å². The normalized spacial score (nSPS) is 19.0. The van der Waals surface area contributed by atoms with Crippen LogP contribution in [0.5, 0.6) is 0 Å². The fourth-order valence-electron chi connectivity index (χ4n) is 3.06. The molecule has 170 valence electrons. The van der Waals surface area contributed by atoms with Crippen molar-refractivity contribution in [3.63, 3.8) is 0 Å². The Kier molecular flexibility index (Phi) is 9.60. The van der Waals surface area contributed by atoms with Gasteiger partial charge in [-0.1, -0.05) is 60.8 Å². The van der Waals surface area contributed by atoms with E-state index in [0.29, 0.717) is 11.5 Å². The smallest absolute Gasteiger partial charge is 0.192 e. The molecule has 0 spiro atoms. The van der Waals surface area contributed by atoms with Gasteiger partial charge in [0.25, 0.3) is 0 Å². The average Bonchev–Trinajstić information content (AvgIpc) is 2.86. The standard InChI is InChI=1S/C24H48O3Si2/c1-23(2,3)28(7,8)26-17-15-13-11-12-14-16-20-18-21(25)19-22(20)27-29(9,10)24(4,5)6/h18,22H,11-17,19H2,1-10H3/t22-/m0/s1. The second kappa shape index (κ2) is 10.4. The summed E-state index contributed by atoms with van der Waals surface area (Å²) in [5.41, 5.74) is 1.24. The van der Waals surface area contributed by atoms with Crippen molar-refractivity contribution in [2.75, 3.05) is 6.61 Å². The van der Waals surface area contributed by atoms with Gasteiger partial charge in [-0.05, 0) is 67.2 Å². The van der Waals surface area contributed by atoms with Crippen molar-refractivity contribution in [2.24, 2.45) is 0 Å². The van der Waals surface area contributed by atoms with Gasteiger partial charge in [0.2, 0.25) is 0 Å². The van der Waals surface area contributed by atoms with E-state index in [2.05, 4.69) is 67.7 Å². The lowest BCUT2D eigenvalue weighted by molar-refractivity contribution is -0.114. The average molecular weight is 441 g/mol. The molecule has 3 nitrogen and oxygen atoms in total. The summed E-state index contributed by atoms with van der Waals surface area (Å²) < 4.78 is 12.8.